The summed E-state index contributed by atoms with van der Waals surface area (Å²) in [6.07, 6.45) is 7.64. The van der Waals surface area contributed by atoms with Gasteiger partial charge in [0.25, 0.3) is 0 Å². The summed E-state index contributed by atoms with van der Waals surface area (Å²) in [6.45, 7) is 2.38. The van der Waals surface area contributed by atoms with Crippen LogP contribution in [0.3, 0.4) is 0 Å². The van der Waals surface area contributed by atoms with Crippen molar-refractivity contribution >= 4 is 5.69 Å². The molecule has 3 rings (SSSR count). The van der Waals surface area contributed by atoms with Crippen LogP contribution in [-0.2, 0) is 12.8 Å². The van der Waals surface area contributed by atoms with Crippen LogP contribution in [0.15, 0.2) is 54.6 Å². The summed E-state index contributed by atoms with van der Waals surface area (Å²) >= 11 is 0. The van der Waals surface area contributed by atoms with Crippen molar-refractivity contribution in [3.05, 3.63) is 65.7 Å². The Bertz CT molecular complexity index is 611. The maximum Gasteiger partial charge on any atom is 0.0370 e. The van der Waals surface area contributed by atoms with Gasteiger partial charge in [-0.05, 0) is 69.6 Å². The smallest absolute Gasteiger partial charge is 0.0370 e. The van der Waals surface area contributed by atoms with E-state index in [-0.39, 0.29) is 0 Å². The van der Waals surface area contributed by atoms with Crippen LogP contribution in [0.5, 0.6) is 0 Å². The third-order valence-electron chi connectivity index (χ3n) is 5.31. The highest BCUT2D eigenvalue weighted by molar-refractivity contribution is 5.49. The third kappa shape index (κ3) is 5.09. The molecule has 134 valence electrons. The lowest BCUT2D eigenvalue weighted by Gasteiger charge is -2.31. The van der Waals surface area contributed by atoms with Gasteiger partial charge in [-0.2, -0.15) is 0 Å². The Balaban J connectivity index is 1.58. The van der Waals surface area contributed by atoms with Gasteiger partial charge in [0.05, 0.1) is 0 Å². The van der Waals surface area contributed by atoms with Crippen LogP contribution in [-0.4, -0.2) is 38.1 Å². The zero-order chi connectivity index (χ0) is 17.5. The fourth-order valence-electron chi connectivity index (χ4n) is 3.96. The Morgan fingerprint density at radius 2 is 1.28 bits per heavy atom. The third-order valence-corrected chi connectivity index (χ3v) is 5.31. The Hall–Kier alpha value is -1.80. The molecule has 0 radical (unpaired) electrons. The molecule has 0 amide bonds. The molecule has 0 fully saturated rings. The molecular formula is C23H32N2. The second kappa shape index (κ2) is 9.05. The van der Waals surface area contributed by atoms with Crippen molar-refractivity contribution in [3.63, 3.8) is 0 Å². The van der Waals surface area contributed by atoms with Crippen molar-refractivity contribution in [2.24, 2.45) is 0 Å². The normalized spacial score (nSPS) is 14.0. The average Bonchev–Trinajstić information content (AvgIpc) is 3.05. The number of nitrogens with zero attached hydrogens (tertiary/aromatic N) is 2. The van der Waals surface area contributed by atoms with E-state index in [9.17, 15) is 0 Å². The number of hydrogen-bond donors (Lipinski definition) is 0. The van der Waals surface area contributed by atoms with Crippen molar-refractivity contribution in [2.75, 3.05) is 32.1 Å². The van der Waals surface area contributed by atoms with Crippen molar-refractivity contribution in [1.29, 1.82) is 0 Å². The SMILES string of the molecule is CN(C)CCCCCCN(c1ccccc1)C1Cc2ccccc2C1. The summed E-state index contributed by atoms with van der Waals surface area (Å²) in [5.74, 6) is 0. The minimum Gasteiger partial charge on any atom is -0.368 e. The molecule has 0 N–H and O–H groups in total. The summed E-state index contributed by atoms with van der Waals surface area (Å²) in [5, 5.41) is 0. The first-order valence-electron chi connectivity index (χ1n) is 9.77. The Morgan fingerprint density at radius 3 is 1.88 bits per heavy atom. The predicted octanol–water partition coefficient (Wildman–Crippen LogP) is 4.78. The second-order valence-electron chi connectivity index (χ2n) is 7.58. The lowest BCUT2D eigenvalue weighted by molar-refractivity contribution is 0.390. The monoisotopic (exact) mass is 336 g/mol. The first-order valence-corrected chi connectivity index (χ1v) is 9.77. The molecule has 1 aliphatic carbocycles. The maximum atomic E-state index is 2.66. The summed E-state index contributed by atoms with van der Waals surface area (Å²) < 4.78 is 0. The number of para-hydroxylation sites is 1. The van der Waals surface area contributed by atoms with Crippen LogP contribution in [0.25, 0.3) is 0 Å². The molecule has 2 nitrogen and oxygen atoms in total. The molecule has 0 spiro atoms. The molecular weight excluding hydrogens is 304 g/mol. The van der Waals surface area contributed by atoms with E-state index in [4.69, 9.17) is 0 Å². The topological polar surface area (TPSA) is 6.48 Å². The highest BCUT2D eigenvalue weighted by atomic mass is 15.2. The molecule has 0 aliphatic heterocycles. The molecule has 25 heavy (non-hydrogen) atoms. The van der Waals surface area contributed by atoms with Gasteiger partial charge in [0.2, 0.25) is 0 Å². The lowest BCUT2D eigenvalue weighted by atomic mass is 10.1. The van der Waals surface area contributed by atoms with Crippen molar-refractivity contribution in [1.82, 2.24) is 4.90 Å². The first-order chi connectivity index (χ1) is 12.2. The number of hydrogen-bond acceptors (Lipinski definition) is 2. The van der Waals surface area contributed by atoms with Gasteiger partial charge < -0.3 is 9.80 Å². The van der Waals surface area contributed by atoms with E-state index in [1.807, 2.05) is 0 Å². The molecule has 0 atom stereocenters. The fraction of sp³-hybridized carbons (Fsp3) is 0.478. The minimum absolute atomic E-state index is 0.613. The van der Waals surface area contributed by atoms with E-state index in [2.05, 4.69) is 78.5 Å². The Labute approximate surface area is 153 Å². The molecule has 0 heterocycles. The van der Waals surface area contributed by atoms with Gasteiger partial charge in [0.15, 0.2) is 0 Å². The van der Waals surface area contributed by atoms with Gasteiger partial charge in [-0.15, -0.1) is 0 Å². The molecule has 0 bridgehead atoms. The summed E-state index contributed by atoms with van der Waals surface area (Å²) in [7, 11) is 4.32. The second-order valence-corrected chi connectivity index (χ2v) is 7.58. The zero-order valence-electron chi connectivity index (χ0n) is 15.8. The number of fused-ring (bicyclic) bond motifs is 1. The largest absolute Gasteiger partial charge is 0.368 e. The zero-order valence-corrected chi connectivity index (χ0v) is 15.8. The van der Waals surface area contributed by atoms with Crippen LogP contribution < -0.4 is 4.90 Å². The summed E-state index contributed by atoms with van der Waals surface area (Å²) in [4.78, 5) is 4.94. The molecule has 2 heteroatoms. The molecule has 0 aromatic heterocycles. The predicted molar refractivity (Wildman–Crippen MR) is 108 cm³/mol. The van der Waals surface area contributed by atoms with Gasteiger partial charge in [0.1, 0.15) is 0 Å². The van der Waals surface area contributed by atoms with E-state index >= 15 is 0 Å². The number of rotatable bonds is 9. The van der Waals surface area contributed by atoms with E-state index in [1.165, 1.54) is 57.3 Å². The van der Waals surface area contributed by atoms with Gasteiger partial charge in [-0.1, -0.05) is 55.3 Å². The summed E-state index contributed by atoms with van der Waals surface area (Å²) in [6, 6.07) is 20.6. The number of anilines is 1. The standard InChI is InChI=1S/C23H32N2/c1-24(2)16-10-3-4-11-17-25(22-14-6-5-7-15-22)23-18-20-12-8-9-13-21(20)19-23/h5-9,12-15,23H,3-4,10-11,16-19H2,1-2H3. The number of unbranched alkanes of at least 4 members (excludes halogenated alkanes) is 3. The van der Waals surface area contributed by atoms with E-state index in [0.29, 0.717) is 6.04 Å². The molecule has 0 saturated carbocycles. The van der Waals surface area contributed by atoms with Crippen LogP contribution in [0.4, 0.5) is 5.69 Å². The van der Waals surface area contributed by atoms with Gasteiger partial charge >= 0.3 is 0 Å². The van der Waals surface area contributed by atoms with Gasteiger partial charge in [-0.25, -0.2) is 0 Å². The quantitative estimate of drug-likeness (QED) is 0.608. The minimum atomic E-state index is 0.613. The lowest BCUT2D eigenvalue weighted by Crippen LogP contribution is -2.36. The van der Waals surface area contributed by atoms with Crippen LogP contribution in [0.2, 0.25) is 0 Å². The highest BCUT2D eigenvalue weighted by Crippen LogP contribution is 2.29. The van der Waals surface area contributed by atoms with E-state index < -0.39 is 0 Å². The van der Waals surface area contributed by atoms with Crippen molar-refractivity contribution in [3.8, 4) is 0 Å². The summed E-state index contributed by atoms with van der Waals surface area (Å²) in [5.41, 5.74) is 4.47. The van der Waals surface area contributed by atoms with Crippen molar-refractivity contribution < 1.29 is 0 Å². The van der Waals surface area contributed by atoms with E-state index in [0.717, 1.165) is 0 Å². The van der Waals surface area contributed by atoms with Gasteiger partial charge in [-0.3, -0.25) is 0 Å². The highest BCUT2D eigenvalue weighted by Gasteiger charge is 2.26. The molecule has 0 unspecified atom stereocenters. The Kier molecular flexibility index (Phi) is 6.52. The van der Waals surface area contributed by atoms with Crippen LogP contribution >= 0.6 is 0 Å². The Morgan fingerprint density at radius 1 is 0.720 bits per heavy atom. The van der Waals surface area contributed by atoms with Crippen LogP contribution in [0.1, 0.15) is 36.8 Å². The van der Waals surface area contributed by atoms with Gasteiger partial charge in [0, 0.05) is 18.3 Å². The molecule has 2 aromatic carbocycles. The van der Waals surface area contributed by atoms with Crippen LogP contribution in [0, 0.1) is 0 Å². The maximum absolute atomic E-state index is 2.66. The molecule has 1 aliphatic rings. The fourth-order valence-corrected chi connectivity index (χ4v) is 3.96. The van der Waals surface area contributed by atoms with Crippen molar-refractivity contribution in [2.45, 2.75) is 44.6 Å². The van der Waals surface area contributed by atoms with E-state index in [1.54, 1.807) is 11.1 Å². The molecule has 0 saturated heterocycles. The first kappa shape index (κ1) is 18.0. The average molecular weight is 337 g/mol. The molecule has 2 aromatic rings. The number of benzene rings is 2.